The minimum absolute atomic E-state index is 0.0682. The van der Waals surface area contributed by atoms with Gasteiger partial charge in [-0.3, -0.25) is 24.5 Å². The van der Waals surface area contributed by atoms with E-state index in [1.807, 2.05) is 17.2 Å². The molecule has 3 rings (SSSR count). The summed E-state index contributed by atoms with van der Waals surface area (Å²) in [5.41, 5.74) is 1.65. The average Bonchev–Trinajstić information content (AvgIpc) is 3.13. The fourth-order valence-corrected chi connectivity index (χ4v) is 3.70. The maximum Gasteiger partial charge on any atom is 0.237 e. The van der Waals surface area contributed by atoms with Crippen LogP contribution in [0.4, 0.5) is 0 Å². The third kappa shape index (κ3) is 4.61. The van der Waals surface area contributed by atoms with Gasteiger partial charge in [0, 0.05) is 43.8 Å². The molecule has 0 aliphatic carbocycles. The second kappa shape index (κ2) is 8.81. The molecule has 1 atom stereocenters. The van der Waals surface area contributed by atoms with Gasteiger partial charge in [0.25, 0.3) is 0 Å². The first-order valence-electron chi connectivity index (χ1n) is 8.66. The summed E-state index contributed by atoms with van der Waals surface area (Å²) in [6.45, 7) is 4.67. The Morgan fingerprint density at radius 2 is 2.35 bits per heavy atom. The number of carbonyl (C=O) groups is 2. The number of rotatable bonds is 7. The van der Waals surface area contributed by atoms with E-state index in [1.54, 1.807) is 18.6 Å². The predicted octanol–water partition coefficient (Wildman–Crippen LogP) is 0.469. The number of hydrogen-bond acceptors (Lipinski definition) is 7. The van der Waals surface area contributed by atoms with Gasteiger partial charge in [-0.15, -0.1) is 11.3 Å². The van der Waals surface area contributed by atoms with Crippen LogP contribution in [-0.4, -0.2) is 63.9 Å². The van der Waals surface area contributed by atoms with Crippen LogP contribution in [0, 0.1) is 0 Å². The van der Waals surface area contributed by atoms with E-state index in [0.29, 0.717) is 19.5 Å². The average molecular weight is 374 g/mol. The molecule has 3 heterocycles. The SMILES string of the molecule is CCN1CCNC(=O)C1CC(=O)NCCc1csc(-c2cnccn2)n1. The van der Waals surface area contributed by atoms with Crippen LogP contribution in [0.3, 0.4) is 0 Å². The van der Waals surface area contributed by atoms with Crippen molar-refractivity contribution in [1.82, 2.24) is 30.5 Å². The Hall–Kier alpha value is -2.39. The number of piperazine rings is 1. The molecule has 0 spiro atoms. The molecular weight excluding hydrogens is 352 g/mol. The van der Waals surface area contributed by atoms with E-state index in [9.17, 15) is 9.59 Å². The Morgan fingerprint density at radius 3 is 3.12 bits per heavy atom. The zero-order chi connectivity index (χ0) is 18.4. The third-order valence-electron chi connectivity index (χ3n) is 4.26. The molecule has 1 saturated heterocycles. The molecule has 1 unspecified atom stereocenters. The topological polar surface area (TPSA) is 100 Å². The molecule has 0 radical (unpaired) electrons. The summed E-state index contributed by atoms with van der Waals surface area (Å²) in [6, 6.07) is -0.378. The van der Waals surface area contributed by atoms with Gasteiger partial charge in [0.05, 0.1) is 24.4 Å². The maximum atomic E-state index is 12.2. The van der Waals surface area contributed by atoms with Crippen LogP contribution in [0.5, 0.6) is 0 Å². The number of likely N-dealkylation sites (N-methyl/N-ethyl adjacent to an activating group) is 1. The standard InChI is InChI=1S/C17H22N6O2S/c1-2-23-8-7-21-16(25)14(23)9-15(24)20-4-3-12-11-26-17(22-12)13-10-18-5-6-19-13/h5-6,10-11,14H,2-4,7-9H2,1H3,(H,20,24)(H,21,25). The smallest absolute Gasteiger partial charge is 0.237 e. The molecule has 1 aliphatic rings. The first kappa shape index (κ1) is 18.4. The molecule has 8 nitrogen and oxygen atoms in total. The number of aromatic nitrogens is 3. The van der Waals surface area contributed by atoms with Crippen LogP contribution in [0.25, 0.3) is 10.7 Å². The van der Waals surface area contributed by atoms with Crippen LogP contribution in [0.2, 0.25) is 0 Å². The number of carbonyl (C=O) groups excluding carboxylic acids is 2. The minimum atomic E-state index is -0.378. The summed E-state index contributed by atoms with van der Waals surface area (Å²) in [5.74, 6) is -0.184. The lowest BCUT2D eigenvalue weighted by atomic mass is 10.1. The molecule has 0 aromatic carbocycles. The van der Waals surface area contributed by atoms with E-state index in [2.05, 4.69) is 25.6 Å². The highest BCUT2D eigenvalue weighted by atomic mass is 32.1. The van der Waals surface area contributed by atoms with Crippen LogP contribution in [0.15, 0.2) is 24.0 Å². The number of nitrogens with one attached hydrogen (secondary N) is 2. The van der Waals surface area contributed by atoms with E-state index in [0.717, 1.165) is 29.5 Å². The Bertz CT molecular complexity index is 751. The Kier molecular flexibility index (Phi) is 6.24. The van der Waals surface area contributed by atoms with Gasteiger partial charge >= 0.3 is 0 Å². The molecule has 0 saturated carbocycles. The molecule has 2 amide bonds. The van der Waals surface area contributed by atoms with Crippen molar-refractivity contribution < 1.29 is 9.59 Å². The molecule has 1 fully saturated rings. The summed E-state index contributed by atoms with van der Waals surface area (Å²) in [4.78, 5) is 39.0. The quantitative estimate of drug-likeness (QED) is 0.731. The monoisotopic (exact) mass is 374 g/mol. The van der Waals surface area contributed by atoms with Gasteiger partial charge in [-0.05, 0) is 6.54 Å². The van der Waals surface area contributed by atoms with Crippen LogP contribution >= 0.6 is 11.3 Å². The van der Waals surface area contributed by atoms with Gasteiger partial charge in [0.1, 0.15) is 10.7 Å². The van der Waals surface area contributed by atoms with Crippen molar-refractivity contribution in [3.05, 3.63) is 29.7 Å². The van der Waals surface area contributed by atoms with Gasteiger partial charge < -0.3 is 10.6 Å². The van der Waals surface area contributed by atoms with Crippen molar-refractivity contribution >= 4 is 23.2 Å². The highest BCUT2D eigenvalue weighted by Gasteiger charge is 2.30. The van der Waals surface area contributed by atoms with Crippen LogP contribution in [-0.2, 0) is 16.0 Å². The molecule has 1 aliphatic heterocycles. The van der Waals surface area contributed by atoms with Crippen molar-refractivity contribution in [1.29, 1.82) is 0 Å². The van der Waals surface area contributed by atoms with Crippen molar-refractivity contribution in [3.8, 4) is 10.7 Å². The Morgan fingerprint density at radius 1 is 1.46 bits per heavy atom. The first-order chi connectivity index (χ1) is 12.7. The Balaban J connectivity index is 1.47. The molecule has 2 N–H and O–H groups in total. The number of amides is 2. The third-order valence-corrected chi connectivity index (χ3v) is 5.18. The second-order valence-electron chi connectivity index (χ2n) is 5.97. The van der Waals surface area contributed by atoms with Crippen LogP contribution < -0.4 is 10.6 Å². The molecule has 2 aromatic rings. The van der Waals surface area contributed by atoms with Gasteiger partial charge in [-0.25, -0.2) is 4.98 Å². The molecule has 26 heavy (non-hydrogen) atoms. The van der Waals surface area contributed by atoms with Gasteiger partial charge in [0.2, 0.25) is 11.8 Å². The summed E-state index contributed by atoms with van der Waals surface area (Å²) in [7, 11) is 0. The highest BCUT2D eigenvalue weighted by molar-refractivity contribution is 7.13. The van der Waals surface area contributed by atoms with E-state index < -0.39 is 0 Å². The number of thiazole rings is 1. The van der Waals surface area contributed by atoms with Gasteiger partial charge in [0.15, 0.2) is 0 Å². The first-order valence-corrected chi connectivity index (χ1v) is 9.54. The lowest BCUT2D eigenvalue weighted by molar-refractivity contribution is -0.133. The summed E-state index contributed by atoms with van der Waals surface area (Å²) in [6.07, 6.45) is 5.76. The normalized spacial score (nSPS) is 17.7. The lowest BCUT2D eigenvalue weighted by Gasteiger charge is -2.33. The zero-order valence-corrected chi connectivity index (χ0v) is 15.5. The van der Waals surface area contributed by atoms with E-state index in [-0.39, 0.29) is 24.3 Å². The molecule has 9 heteroatoms. The number of hydrogen-bond donors (Lipinski definition) is 2. The van der Waals surface area contributed by atoms with E-state index in [1.165, 1.54) is 11.3 Å². The molecular formula is C17H22N6O2S. The fraction of sp³-hybridized carbons (Fsp3) is 0.471. The summed E-state index contributed by atoms with van der Waals surface area (Å²) in [5, 5.41) is 8.48. The largest absolute Gasteiger partial charge is 0.356 e. The summed E-state index contributed by atoms with van der Waals surface area (Å²) < 4.78 is 0. The molecule has 2 aromatic heterocycles. The predicted molar refractivity (Wildman–Crippen MR) is 98.5 cm³/mol. The van der Waals surface area contributed by atoms with Crippen molar-refractivity contribution in [2.24, 2.45) is 0 Å². The minimum Gasteiger partial charge on any atom is -0.356 e. The fourth-order valence-electron chi connectivity index (χ4n) is 2.89. The Labute approximate surface area is 156 Å². The van der Waals surface area contributed by atoms with Crippen molar-refractivity contribution in [2.45, 2.75) is 25.8 Å². The van der Waals surface area contributed by atoms with E-state index >= 15 is 0 Å². The summed E-state index contributed by atoms with van der Waals surface area (Å²) >= 11 is 1.51. The van der Waals surface area contributed by atoms with E-state index in [4.69, 9.17) is 0 Å². The van der Waals surface area contributed by atoms with Gasteiger partial charge in [-0.2, -0.15) is 0 Å². The number of nitrogens with zero attached hydrogens (tertiary/aromatic N) is 4. The maximum absolute atomic E-state index is 12.2. The van der Waals surface area contributed by atoms with Gasteiger partial charge in [-0.1, -0.05) is 6.92 Å². The molecule has 138 valence electrons. The van der Waals surface area contributed by atoms with Crippen molar-refractivity contribution in [3.63, 3.8) is 0 Å². The zero-order valence-electron chi connectivity index (χ0n) is 14.6. The van der Waals surface area contributed by atoms with Crippen molar-refractivity contribution in [2.75, 3.05) is 26.2 Å². The second-order valence-corrected chi connectivity index (χ2v) is 6.83. The van der Waals surface area contributed by atoms with Crippen LogP contribution in [0.1, 0.15) is 19.0 Å². The molecule has 0 bridgehead atoms. The lowest BCUT2D eigenvalue weighted by Crippen LogP contribution is -2.56. The highest BCUT2D eigenvalue weighted by Crippen LogP contribution is 2.20.